The second-order valence-corrected chi connectivity index (χ2v) is 5.93. The SMILES string of the molecule is Cc1nc2n(n1)CC(NC(=O)C(F)(F)C1(O)CCC1)CC2. The molecule has 116 valence electrons. The summed E-state index contributed by atoms with van der Waals surface area (Å²) in [6, 6.07) is -0.416. The number of rotatable bonds is 3. The van der Waals surface area contributed by atoms with Crippen LogP contribution in [0.25, 0.3) is 0 Å². The van der Waals surface area contributed by atoms with Gasteiger partial charge in [0.05, 0.1) is 6.54 Å². The van der Waals surface area contributed by atoms with Gasteiger partial charge in [0.1, 0.15) is 17.2 Å². The zero-order chi connectivity index (χ0) is 15.3. The summed E-state index contributed by atoms with van der Waals surface area (Å²) in [4.78, 5) is 16.0. The molecule has 8 heteroatoms. The third-order valence-corrected chi connectivity index (χ3v) is 4.35. The molecule has 1 aliphatic carbocycles. The van der Waals surface area contributed by atoms with Crippen molar-refractivity contribution in [2.24, 2.45) is 0 Å². The summed E-state index contributed by atoms with van der Waals surface area (Å²) >= 11 is 0. The number of hydrogen-bond acceptors (Lipinski definition) is 4. The first-order chi connectivity index (χ1) is 9.82. The van der Waals surface area contributed by atoms with Gasteiger partial charge in [-0.1, -0.05) is 0 Å². The molecule has 0 bridgehead atoms. The Kier molecular flexibility index (Phi) is 3.23. The molecule has 1 aliphatic heterocycles. The molecule has 3 rings (SSSR count). The first kappa shape index (κ1) is 14.4. The van der Waals surface area contributed by atoms with Gasteiger partial charge in [-0.3, -0.25) is 4.79 Å². The van der Waals surface area contributed by atoms with E-state index in [1.165, 1.54) is 0 Å². The summed E-state index contributed by atoms with van der Waals surface area (Å²) in [5.41, 5.74) is -2.18. The van der Waals surface area contributed by atoms with Gasteiger partial charge in [0.2, 0.25) is 0 Å². The standard InChI is InChI=1S/C13H18F2N4O2/c1-8-16-10-4-3-9(7-19(10)18-8)17-11(20)13(14,15)12(21)5-2-6-12/h9,21H,2-7H2,1H3,(H,17,20). The van der Waals surface area contributed by atoms with Crippen molar-refractivity contribution in [2.45, 2.75) is 63.1 Å². The second-order valence-electron chi connectivity index (χ2n) is 5.93. The minimum Gasteiger partial charge on any atom is -0.383 e. The topological polar surface area (TPSA) is 80.0 Å². The smallest absolute Gasteiger partial charge is 0.352 e. The highest BCUT2D eigenvalue weighted by molar-refractivity contribution is 5.85. The van der Waals surface area contributed by atoms with Crippen LogP contribution in [0.3, 0.4) is 0 Å². The molecule has 0 aromatic carbocycles. The van der Waals surface area contributed by atoms with Crippen LogP contribution in [0, 0.1) is 6.92 Å². The van der Waals surface area contributed by atoms with Gasteiger partial charge in [-0.15, -0.1) is 0 Å². The Morgan fingerprint density at radius 1 is 1.52 bits per heavy atom. The third kappa shape index (κ3) is 2.31. The number of aromatic nitrogens is 3. The highest BCUT2D eigenvalue weighted by Crippen LogP contribution is 2.44. The number of aliphatic hydroxyl groups is 1. The molecule has 6 nitrogen and oxygen atoms in total. The number of carbonyl (C=O) groups excluding carboxylic acids is 1. The van der Waals surface area contributed by atoms with Crippen molar-refractivity contribution in [3.05, 3.63) is 11.6 Å². The Morgan fingerprint density at radius 2 is 2.24 bits per heavy atom. The van der Waals surface area contributed by atoms with Crippen molar-refractivity contribution in [3.63, 3.8) is 0 Å². The summed E-state index contributed by atoms with van der Waals surface area (Å²) in [5.74, 6) is -3.70. The van der Waals surface area contributed by atoms with Gasteiger partial charge in [-0.2, -0.15) is 13.9 Å². The van der Waals surface area contributed by atoms with Gasteiger partial charge >= 0.3 is 5.92 Å². The highest BCUT2D eigenvalue weighted by atomic mass is 19.3. The van der Waals surface area contributed by atoms with E-state index in [1.54, 1.807) is 11.6 Å². The van der Waals surface area contributed by atoms with Crippen LogP contribution >= 0.6 is 0 Å². The lowest BCUT2D eigenvalue weighted by Crippen LogP contribution is -2.62. The minimum atomic E-state index is -3.75. The van der Waals surface area contributed by atoms with E-state index >= 15 is 0 Å². The number of halogens is 2. The third-order valence-electron chi connectivity index (χ3n) is 4.35. The van der Waals surface area contributed by atoms with E-state index in [0.29, 0.717) is 31.6 Å². The summed E-state index contributed by atoms with van der Waals surface area (Å²) in [7, 11) is 0. The lowest BCUT2D eigenvalue weighted by Gasteiger charge is -2.42. The van der Waals surface area contributed by atoms with E-state index in [0.717, 1.165) is 5.82 Å². The van der Waals surface area contributed by atoms with Crippen molar-refractivity contribution < 1.29 is 18.7 Å². The molecule has 2 aliphatic rings. The maximum atomic E-state index is 14.0. The average Bonchev–Trinajstić information content (AvgIpc) is 2.75. The van der Waals surface area contributed by atoms with Gasteiger partial charge in [-0.25, -0.2) is 9.67 Å². The van der Waals surface area contributed by atoms with E-state index in [2.05, 4.69) is 15.4 Å². The van der Waals surface area contributed by atoms with E-state index in [4.69, 9.17) is 0 Å². The fraction of sp³-hybridized carbons (Fsp3) is 0.769. The number of amides is 1. The molecule has 1 aromatic heterocycles. The Balaban J connectivity index is 1.66. The predicted octanol–water partition coefficient (Wildman–Crippen LogP) is 0.568. The number of fused-ring (bicyclic) bond motifs is 1. The quantitative estimate of drug-likeness (QED) is 0.855. The fourth-order valence-corrected chi connectivity index (χ4v) is 2.86. The molecular formula is C13H18F2N4O2. The van der Waals surface area contributed by atoms with Crippen molar-refractivity contribution in [3.8, 4) is 0 Å². The lowest BCUT2D eigenvalue weighted by molar-refractivity contribution is -0.216. The molecular weight excluding hydrogens is 282 g/mol. The lowest BCUT2D eigenvalue weighted by atomic mass is 9.75. The van der Waals surface area contributed by atoms with E-state index in [-0.39, 0.29) is 12.8 Å². The molecule has 2 heterocycles. The Morgan fingerprint density at radius 3 is 2.86 bits per heavy atom. The Bertz CT molecular complexity index is 569. The maximum Gasteiger partial charge on any atom is 0.352 e. The van der Waals surface area contributed by atoms with E-state index in [1.807, 2.05) is 0 Å². The van der Waals surface area contributed by atoms with Crippen LogP contribution in [0.5, 0.6) is 0 Å². The van der Waals surface area contributed by atoms with Crippen molar-refractivity contribution in [1.82, 2.24) is 20.1 Å². The van der Waals surface area contributed by atoms with Crippen LogP contribution < -0.4 is 5.32 Å². The van der Waals surface area contributed by atoms with E-state index < -0.39 is 23.5 Å². The van der Waals surface area contributed by atoms with Crippen LogP contribution in [0.15, 0.2) is 0 Å². The molecule has 21 heavy (non-hydrogen) atoms. The summed E-state index contributed by atoms with van der Waals surface area (Å²) in [6.45, 7) is 2.09. The molecule has 0 spiro atoms. The molecule has 1 unspecified atom stereocenters. The molecule has 1 amide bonds. The van der Waals surface area contributed by atoms with Gasteiger partial charge < -0.3 is 10.4 Å². The number of nitrogens with one attached hydrogen (secondary N) is 1. The number of hydrogen-bond donors (Lipinski definition) is 2. The number of nitrogens with zero attached hydrogens (tertiary/aromatic N) is 3. The van der Waals surface area contributed by atoms with E-state index in [9.17, 15) is 18.7 Å². The molecule has 0 saturated heterocycles. The van der Waals surface area contributed by atoms with Crippen molar-refractivity contribution >= 4 is 5.91 Å². The summed E-state index contributed by atoms with van der Waals surface area (Å²) in [6.07, 6.45) is 1.57. The van der Waals surface area contributed by atoms with Gasteiger partial charge in [-0.05, 0) is 32.6 Å². The first-order valence-electron chi connectivity index (χ1n) is 7.13. The minimum absolute atomic E-state index is 0.0372. The van der Waals surface area contributed by atoms with Crippen LogP contribution in [0.4, 0.5) is 8.78 Å². The van der Waals surface area contributed by atoms with Gasteiger partial charge in [0, 0.05) is 12.5 Å². The molecule has 1 fully saturated rings. The molecule has 1 saturated carbocycles. The van der Waals surface area contributed by atoms with Crippen LogP contribution in [0.1, 0.15) is 37.3 Å². The Labute approximate surface area is 120 Å². The number of alkyl halides is 2. The molecule has 1 atom stereocenters. The largest absolute Gasteiger partial charge is 0.383 e. The molecule has 1 aromatic rings. The van der Waals surface area contributed by atoms with Crippen molar-refractivity contribution in [1.29, 1.82) is 0 Å². The average molecular weight is 300 g/mol. The molecule has 0 radical (unpaired) electrons. The number of aryl methyl sites for hydroxylation is 2. The first-order valence-corrected chi connectivity index (χ1v) is 7.13. The maximum absolute atomic E-state index is 14.0. The molecule has 2 N–H and O–H groups in total. The zero-order valence-corrected chi connectivity index (χ0v) is 11.8. The Hall–Kier alpha value is -1.57. The second kappa shape index (κ2) is 4.72. The number of carbonyl (C=O) groups is 1. The van der Waals surface area contributed by atoms with Gasteiger partial charge in [0.15, 0.2) is 0 Å². The summed E-state index contributed by atoms with van der Waals surface area (Å²) in [5, 5.41) is 16.3. The zero-order valence-electron chi connectivity index (χ0n) is 11.8. The normalized spacial score (nSPS) is 24.1. The summed E-state index contributed by atoms with van der Waals surface area (Å²) < 4.78 is 29.6. The highest BCUT2D eigenvalue weighted by Gasteiger charge is 2.61. The predicted molar refractivity (Wildman–Crippen MR) is 68.8 cm³/mol. The fourth-order valence-electron chi connectivity index (χ4n) is 2.86. The van der Waals surface area contributed by atoms with Gasteiger partial charge in [0.25, 0.3) is 5.91 Å². The van der Waals surface area contributed by atoms with Crippen molar-refractivity contribution in [2.75, 3.05) is 0 Å². The monoisotopic (exact) mass is 300 g/mol. The van der Waals surface area contributed by atoms with Crippen LogP contribution in [-0.4, -0.2) is 43.3 Å². The van der Waals surface area contributed by atoms with Crippen LogP contribution in [-0.2, 0) is 17.8 Å². The van der Waals surface area contributed by atoms with Crippen LogP contribution in [0.2, 0.25) is 0 Å².